The van der Waals surface area contributed by atoms with E-state index in [4.69, 9.17) is 11.6 Å². The maximum Gasteiger partial charge on any atom is 0.131 e. The van der Waals surface area contributed by atoms with Gasteiger partial charge in [0.1, 0.15) is 5.03 Å². The largest absolute Gasteiger partial charge is 0.276 e. The second-order valence-electron chi connectivity index (χ2n) is 4.31. The molecule has 0 unspecified atom stereocenters. The van der Waals surface area contributed by atoms with E-state index in [1.165, 1.54) is 11.8 Å². The van der Waals surface area contributed by atoms with Crippen molar-refractivity contribution in [2.24, 2.45) is 0 Å². The second-order valence-corrected chi connectivity index (χ2v) is 5.70. The van der Waals surface area contributed by atoms with Gasteiger partial charge in [-0.3, -0.25) is 10.1 Å². The Morgan fingerprint density at radius 3 is 2.43 bits per heavy atom. The third-order valence-corrected chi connectivity index (χ3v) is 3.97. The Kier molecular flexibility index (Phi) is 4.08. The van der Waals surface area contributed by atoms with Crippen molar-refractivity contribution < 1.29 is 0 Å². The number of hydrogen-bond donors (Lipinski definition) is 1. The van der Waals surface area contributed by atoms with Gasteiger partial charge in [0, 0.05) is 28.5 Å². The van der Waals surface area contributed by atoms with E-state index in [1.54, 1.807) is 17.8 Å². The molecule has 0 radical (unpaired) electrons. The van der Waals surface area contributed by atoms with Crippen LogP contribution in [-0.4, -0.2) is 15.2 Å². The molecule has 2 heterocycles. The number of rotatable bonds is 4. The smallest absolute Gasteiger partial charge is 0.131 e. The third kappa shape index (κ3) is 2.86. The number of nitrogens with one attached hydrogen (secondary N) is 1. The average Bonchev–Trinajstić information content (AvgIpc) is 2.93. The van der Waals surface area contributed by atoms with Crippen LogP contribution in [0.3, 0.4) is 0 Å². The first-order valence-electron chi connectivity index (χ1n) is 6.32. The number of thioether (sulfide) groups is 1. The summed E-state index contributed by atoms with van der Waals surface area (Å²) in [6, 6.07) is 11.6. The molecule has 0 aliphatic rings. The molecule has 3 aromatic rings. The van der Waals surface area contributed by atoms with Gasteiger partial charge in [-0.2, -0.15) is 5.10 Å². The fourth-order valence-corrected chi connectivity index (χ4v) is 2.82. The lowest BCUT2D eigenvalue weighted by atomic mass is 10.0. The molecule has 21 heavy (non-hydrogen) atoms. The molecule has 3 nitrogen and oxygen atoms in total. The molecular formula is C16H12ClN3S. The van der Waals surface area contributed by atoms with E-state index in [-0.39, 0.29) is 0 Å². The van der Waals surface area contributed by atoms with Gasteiger partial charge < -0.3 is 0 Å². The molecule has 1 aromatic carbocycles. The first-order chi connectivity index (χ1) is 10.3. The Hall–Kier alpha value is -2.04. The van der Waals surface area contributed by atoms with E-state index in [9.17, 15) is 0 Å². The monoisotopic (exact) mass is 313 g/mol. The number of aromatic nitrogens is 3. The number of pyridine rings is 1. The zero-order chi connectivity index (χ0) is 14.7. The lowest BCUT2D eigenvalue weighted by Gasteiger charge is -2.05. The van der Waals surface area contributed by atoms with Crippen LogP contribution in [0.25, 0.3) is 22.4 Å². The standard InChI is InChI=1S/C16H12ClN3S/c1-2-21-16-14(11-7-9-18-10-8-11)15(19-20-16)12-3-5-13(17)6-4-12/h2-10H,1H2,(H,19,20). The molecule has 5 heteroatoms. The van der Waals surface area contributed by atoms with Gasteiger partial charge in [0.2, 0.25) is 0 Å². The van der Waals surface area contributed by atoms with Crippen molar-refractivity contribution in [2.45, 2.75) is 5.03 Å². The van der Waals surface area contributed by atoms with E-state index in [0.29, 0.717) is 5.02 Å². The Bertz CT molecular complexity index is 751. The van der Waals surface area contributed by atoms with Crippen LogP contribution in [0.5, 0.6) is 0 Å². The summed E-state index contributed by atoms with van der Waals surface area (Å²) >= 11 is 7.45. The summed E-state index contributed by atoms with van der Waals surface area (Å²) in [4.78, 5) is 4.07. The number of hydrogen-bond acceptors (Lipinski definition) is 3. The van der Waals surface area contributed by atoms with Gasteiger partial charge in [-0.25, -0.2) is 0 Å². The van der Waals surface area contributed by atoms with Crippen molar-refractivity contribution >= 4 is 23.4 Å². The van der Waals surface area contributed by atoms with Crippen LogP contribution < -0.4 is 0 Å². The summed E-state index contributed by atoms with van der Waals surface area (Å²) < 4.78 is 0. The lowest BCUT2D eigenvalue weighted by Crippen LogP contribution is -1.84. The predicted octanol–water partition coefficient (Wildman–Crippen LogP) is 5.03. The fourth-order valence-electron chi connectivity index (χ4n) is 2.10. The molecule has 0 aliphatic carbocycles. The van der Waals surface area contributed by atoms with Crippen LogP contribution in [0, 0.1) is 0 Å². The molecule has 3 rings (SSSR count). The Morgan fingerprint density at radius 2 is 1.76 bits per heavy atom. The van der Waals surface area contributed by atoms with Crippen LogP contribution in [0.15, 0.2) is 65.8 Å². The van der Waals surface area contributed by atoms with E-state index in [2.05, 4.69) is 21.8 Å². The van der Waals surface area contributed by atoms with Crippen molar-refractivity contribution in [3.63, 3.8) is 0 Å². The molecule has 0 spiro atoms. The minimum absolute atomic E-state index is 0.712. The number of benzene rings is 1. The number of H-pyrrole nitrogens is 1. The van der Waals surface area contributed by atoms with Crippen LogP contribution in [0.1, 0.15) is 0 Å². The van der Waals surface area contributed by atoms with E-state index in [1.807, 2.05) is 36.4 Å². The molecule has 0 aliphatic heterocycles. The summed E-state index contributed by atoms with van der Waals surface area (Å²) in [6.45, 7) is 3.76. The van der Waals surface area contributed by atoms with Crippen molar-refractivity contribution in [1.82, 2.24) is 15.2 Å². The van der Waals surface area contributed by atoms with Gasteiger partial charge in [0.05, 0.1) is 5.69 Å². The Labute approximate surface area is 132 Å². The van der Waals surface area contributed by atoms with Gasteiger partial charge in [-0.15, -0.1) is 0 Å². The molecule has 0 fully saturated rings. The maximum absolute atomic E-state index is 5.96. The van der Waals surface area contributed by atoms with Gasteiger partial charge >= 0.3 is 0 Å². The summed E-state index contributed by atoms with van der Waals surface area (Å²) in [5.41, 5.74) is 4.11. The zero-order valence-electron chi connectivity index (χ0n) is 11.1. The number of halogens is 1. The quantitative estimate of drug-likeness (QED) is 0.687. The summed E-state index contributed by atoms with van der Waals surface area (Å²) in [6.07, 6.45) is 3.55. The second kappa shape index (κ2) is 6.16. The number of aromatic amines is 1. The molecule has 1 N–H and O–H groups in total. The highest BCUT2D eigenvalue weighted by atomic mass is 35.5. The average molecular weight is 314 g/mol. The highest BCUT2D eigenvalue weighted by molar-refractivity contribution is 8.02. The minimum Gasteiger partial charge on any atom is -0.276 e. The molecule has 0 saturated heterocycles. The topological polar surface area (TPSA) is 41.6 Å². The van der Waals surface area contributed by atoms with Crippen LogP contribution in [0.2, 0.25) is 5.02 Å². The molecule has 0 saturated carbocycles. The maximum atomic E-state index is 5.96. The molecule has 104 valence electrons. The van der Waals surface area contributed by atoms with E-state index in [0.717, 1.165) is 27.4 Å². The minimum atomic E-state index is 0.712. The first-order valence-corrected chi connectivity index (χ1v) is 7.57. The van der Waals surface area contributed by atoms with Crippen LogP contribution in [0.4, 0.5) is 0 Å². The first kappa shape index (κ1) is 13.9. The molecule has 2 aromatic heterocycles. The van der Waals surface area contributed by atoms with Gasteiger partial charge in [0.25, 0.3) is 0 Å². The van der Waals surface area contributed by atoms with Crippen LogP contribution >= 0.6 is 23.4 Å². The summed E-state index contributed by atoms with van der Waals surface area (Å²) in [7, 11) is 0. The normalized spacial score (nSPS) is 10.5. The Morgan fingerprint density at radius 1 is 1.05 bits per heavy atom. The van der Waals surface area contributed by atoms with Gasteiger partial charge in [-0.1, -0.05) is 42.1 Å². The number of nitrogens with zero attached hydrogens (tertiary/aromatic N) is 2. The van der Waals surface area contributed by atoms with Gasteiger partial charge in [0.15, 0.2) is 0 Å². The molecular weight excluding hydrogens is 302 g/mol. The van der Waals surface area contributed by atoms with Crippen molar-refractivity contribution in [3.05, 3.63) is 65.8 Å². The van der Waals surface area contributed by atoms with Gasteiger partial charge in [-0.05, 0) is 35.2 Å². The molecule has 0 amide bonds. The van der Waals surface area contributed by atoms with E-state index >= 15 is 0 Å². The zero-order valence-corrected chi connectivity index (χ0v) is 12.7. The third-order valence-electron chi connectivity index (χ3n) is 3.03. The fraction of sp³-hybridized carbons (Fsp3) is 0. The highest BCUT2D eigenvalue weighted by Gasteiger charge is 2.16. The van der Waals surface area contributed by atoms with Crippen molar-refractivity contribution in [2.75, 3.05) is 0 Å². The predicted molar refractivity (Wildman–Crippen MR) is 88.3 cm³/mol. The summed E-state index contributed by atoms with van der Waals surface area (Å²) in [5.74, 6) is 0. The SMILES string of the molecule is C=CSc1n[nH]c(-c2ccc(Cl)cc2)c1-c1ccncc1. The highest BCUT2D eigenvalue weighted by Crippen LogP contribution is 2.38. The Balaban J connectivity index is 2.17. The summed E-state index contributed by atoms with van der Waals surface area (Å²) in [5, 5.41) is 10.9. The molecule has 0 bridgehead atoms. The molecule has 0 atom stereocenters. The van der Waals surface area contributed by atoms with Crippen molar-refractivity contribution in [3.8, 4) is 22.4 Å². The van der Waals surface area contributed by atoms with Crippen LogP contribution in [-0.2, 0) is 0 Å². The van der Waals surface area contributed by atoms with Crippen molar-refractivity contribution in [1.29, 1.82) is 0 Å². The van der Waals surface area contributed by atoms with E-state index < -0.39 is 0 Å². The lowest BCUT2D eigenvalue weighted by molar-refractivity contribution is 1.01.